The van der Waals surface area contributed by atoms with Crippen LogP contribution in [0.2, 0.25) is 0 Å². The van der Waals surface area contributed by atoms with E-state index in [4.69, 9.17) is 4.74 Å². The van der Waals surface area contributed by atoms with Crippen molar-refractivity contribution < 1.29 is 9.53 Å². The van der Waals surface area contributed by atoms with Gasteiger partial charge in [0, 0.05) is 5.56 Å². The normalized spacial score (nSPS) is 10.7. The van der Waals surface area contributed by atoms with E-state index in [1.165, 1.54) is 0 Å². The van der Waals surface area contributed by atoms with Crippen molar-refractivity contribution in [1.82, 2.24) is 9.78 Å². The molecule has 2 aromatic carbocycles. The monoisotopic (exact) mass is 280 g/mol. The van der Waals surface area contributed by atoms with Gasteiger partial charge in [0.15, 0.2) is 6.29 Å². The largest absolute Gasteiger partial charge is 0.476 e. The van der Waals surface area contributed by atoms with Crippen molar-refractivity contribution in [3.8, 4) is 11.6 Å². The van der Waals surface area contributed by atoms with E-state index in [9.17, 15) is 4.79 Å². The second-order valence-electron chi connectivity index (χ2n) is 4.76. The molecule has 0 saturated carbocycles. The van der Waals surface area contributed by atoms with Crippen LogP contribution in [-0.2, 0) is 0 Å². The highest BCUT2D eigenvalue weighted by molar-refractivity contribution is 5.88. The number of aromatic nitrogens is 2. The predicted octanol–water partition coefficient (Wildman–Crippen LogP) is 3.63. The Morgan fingerprint density at radius 3 is 2.71 bits per heavy atom. The van der Waals surface area contributed by atoms with Gasteiger partial charge in [0.25, 0.3) is 0 Å². The molecule has 21 heavy (non-hydrogen) atoms. The maximum absolute atomic E-state index is 11.2. The molecule has 0 unspecified atom stereocenters. The second-order valence-corrected chi connectivity index (χ2v) is 4.76. The number of carbonyl (C=O) groups is 1. The fraction of sp³-hybridized carbons (Fsp3) is 0.176. The van der Waals surface area contributed by atoms with Crippen LogP contribution < -0.4 is 4.74 Å². The van der Waals surface area contributed by atoms with Crippen molar-refractivity contribution in [3.63, 3.8) is 0 Å². The molecule has 0 aliphatic rings. The minimum Gasteiger partial charge on any atom is -0.476 e. The molecule has 1 aromatic heterocycles. The van der Waals surface area contributed by atoms with Crippen LogP contribution in [0.4, 0.5) is 0 Å². The number of rotatable bonds is 5. The van der Waals surface area contributed by atoms with Crippen LogP contribution in [0, 0.1) is 0 Å². The summed E-state index contributed by atoms with van der Waals surface area (Å²) in [7, 11) is 0. The molecule has 3 rings (SSSR count). The minimum atomic E-state index is 0.604. The summed E-state index contributed by atoms with van der Waals surface area (Å²) in [6, 6.07) is 15.3. The van der Waals surface area contributed by atoms with Crippen LogP contribution in [-0.4, -0.2) is 22.7 Å². The maximum Gasteiger partial charge on any atom is 0.241 e. The van der Waals surface area contributed by atoms with Crippen LogP contribution in [0.3, 0.4) is 0 Å². The molecule has 4 heteroatoms. The molecule has 0 spiro atoms. The summed E-state index contributed by atoms with van der Waals surface area (Å²) in [4.78, 5) is 11.2. The third-order valence-electron chi connectivity index (χ3n) is 3.29. The lowest BCUT2D eigenvalue weighted by molar-refractivity contribution is 0.112. The number of ether oxygens (including phenoxy) is 1. The van der Waals surface area contributed by atoms with E-state index in [2.05, 4.69) is 12.0 Å². The van der Waals surface area contributed by atoms with Gasteiger partial charge in [-0.3, -0.25) is 4.79 Å². The second kappa shape index (κ2) is 5.79. The standard InChI is InChI=1S/C17H16N2O2/c1-2-11-21-17-14-8-4-6-10-16(14)19(18-17)15-9-5-3-7-13(15)12-20/h3-10,12H,2,11H2,1H3. The highest BCUT2D eigenvalue weighted by Gasteiger charge is 2.14. The van der Waals surface area contributed by atoms with Crippen LogP contribution >= 0.6 is 0 Å². The molecule has 0 aliphatic carbocycles. The highest BCUT2D eigenvalue weighted by atomic mass is 16.5. The number of carbonyl (C=O) groups excluding carboxylic acids is 1. The first-order valence-electron chi connectivity index (χ1n) is 7.00. The number of nitrogens with zero attached hydrogens (tertiary/aromatic N) is 2. The van der Waals surface area contributed by atoms with Gasteiger partial charge in [0.2, 0.25) is 5.88 Å². The predicted molar refractivity (Wildman–Crippen MR) is 82.2 cm³/mol. The van der Waals surface area contributed by atoms with E-state index in [-0.39, 0.29) is 0 Å². The average Bonchev–Trinajstić information content (AvgIpc) is 2.91. The molecular weight excluding hydrogens is 264 g/mol. The van der Waals surface area contributed by atoms with Crippen molar-refractivity contribution in [2.24, 2.45) is 0 Å². The van der Waals surface area contributed by atoms with Crippen molar-refractivity contribution in [3.05, 3.63) is 54.1 Å². The third-order valence-corrected chi connectivity index (χ3v) is 3.29. The summed E-state index contributed by atoms with van der Waals surface area (Å²) in [5, 5.41) is 5.49. The van der Waals surface area contributed by atoms with Crippen molar-refractivity contribution in [2.45, 2.75) is 13.3 Å². The number of fused-ring (bicyclic) bond motifs is 1. The Hall–Kier alpha value is -2.62. The summed E-state index contributed by atoms with van der Waals surface area (Å²) >= 11 is 0. The van der Waals surface area contributed by atoms with Crippen molar-refractivity contribution in [1.29, 1.82) is 0 Å². The van der Waals surface area contributed by atoms with Gasteiger partial charge in [0.05, 0.1) is 23.2 Å². The molecular formula is C17H16N2O2. The molecule has 1 heterocycles. The lowest BCUT2D eigenvalue weighted by Crippen LogP contribution is -2.02. The maximum atomic E-state index is 11.2. The lowest BCUT2D eigenvalue weighted by Gasteiger charge is -2.05. The Labute approximate surface area is 123 Å². The Morgan fingerprint density at radius 1 is 1.14 bits per heavy atom. The first-order chi connectivity index (χ1) is 10.3. The number of hydrogen-bond donors (Lipinski definition) is 0. The molecule has 0 N–H and O–H groups in total. The quantitative estimate of drug-likeness (QED) is 0.670. The van der Waals surface area contributed by atoms with Crippen LogP contribution in [0.1, 0.15) is 23.7 Å². The zero-order chi connectivity index (χ0) is 14.7. The Balaban J connectivity index is 2.20. The molecule has 0 aliphatic heterocycles. The Bertz CT molecular complexity index is 777. The smallest absolute Gasteiger partial charge is 0.241 e. The number of aldehydes is 1. The van der Waals surface area contributed by atoms with E-state index < -0.39 is 0 Å². The van der Waals surface area contributed by atoms with Crippen molar-refractivity contribution in [2.75, 3.05) is 6.61 Å². The van der Waals surface area contributed by atoms with E-state index in [1.54, 1.807) is 10.7 Å². The van der Waals surface area contributed by atoms with Crippen molar-refractivity contribution >= 4 is 17.2 Å². The summed E-state index contributed by atoms with van der Waals surface area (Å²) in [6.07, 6.45) is 1.77. The van der Waals surface area contributed by atoms with E-state index in [1.807, 2.05) is 42.5 Å². The minimum absolute atomic E-state index is 0.604. The van der Waals surface area contributed by atoms with E-state index in [0.29, 0.717) is 18.1 Å². The van der Waals surface area contributed by atoms with E-state index >= 15 is 0 Å². The van der Waals surface area contributed by atoms with Crippen LogP contribution in [0.15, 0.2) is 48.5 Å². The molecule has 0 amide bonds. The van der Waals surface area contributed by atoms with Crippen LogP contribution in [0.5, 0.6) is 5.88 Å². The molecule has 0 atom stereocenters. The molecule has 0 fully saturated rings. The highest BCUT2D eigenvalue weighted by Crippen LogP contribution is 2.28. The fourth-order valence-electron chi connectivity index (χ4n) is 2.31. The zero-order valence-corrected chi connectivity index (χ0v) is 11.8. The van der Waals surface area contributed by atoms with Gasteiger partial charge >= 0.3 is 0 Å². The van der Waals surface area contributed by atoms with Gasteiger partial charge in [-0.25, -0.2) is 4.68 Å². The molecule has 0 saturated heterocycles. The van der Waals surface area contributed by atoms with Crippen LogP contribution in [0.25, 0.3) is 16.6 Å². The Morgan fingerprint density at radius 2 is 1.90 bits per heavy atom. The van der Waals surface area contributed by atoms with Gasteiger partial charge in [0.1, 0.15) is 0 Å². The molecule has 106 valence electrons. The molecule has 0 radical (unpaired) electrons. The first-order valence-corrected chi connectivity index (χ1v) is 7.00. The molecule has 4 nitrogen and oxygen atoms in total. The Kier molecular flexibility index (Phi) is 3.69. The zero-order valence-electron chi connectivity index (χ0n) is 11.8. The topological polar surface area (TPSA) is 44.1 Å². The number of benzene rings is 2. The van der Waals surface area contributed by atoms with Gasteiger partial charge in [-0.05, 0) is 30.7 Å². The summed E-state index contributed by atoms with van der Waals surface area (Å²) < 4.78 is 7.49. The third kappa shape index (κ3) is 2.40. The van der Waals surface area contributed by atoms with E-state index in [0.717, 1.165) is 29.3 Å². The SMILES string of the molecule is CCCOc1nn(-c2ccccc2C=O)c2ccccc12. The molecule has 3 aromatic rings. The summed E-state index contributed by atoms with van der Waals surface area (Å²) in [6.45, 7) is 2.68. The van der Waals surface area contributed by atoms with Gasteiger partial charge in [-0.15, -0.1) is 5.10 Å². The summed E-state index contributed by atoms with van der Waals surface area (Å²) in [5.41, 5.74) is 2.29. The van der Waals surface area contributed by atoms with Gasteiger partial charge in [-0.1, -0.05) is 31.2 Å². The van der Waals surface area contributed by atoms with Gasteiger partial charge < -0.3 is 4.74 Å². The summed E-state index contributed by atoms with van der Waals surface area (Å²) in [5.74, 6) is 0.605. The fourth-order valence-corrected chi connectivity index (χ4v) is 2.31. The lowest BCUT2D eigenvalue weighted by atomic mass is 10.2. The van der Waals surface area contributed by atoms with Gasteiger partial charge in [-0.2, -0.15) is 0 Å². The number of para-hydroxylation sites is 2. The molecule has 0 bridgehead atoms. The first kappa shape index (κ1) is 13.4. The number of hydrogen-bond acceptors (Lipinski definition) is 3. The average molecular weight is 280 g/mol.